The number of rotatable bonds is 1. The molecule has 1 amide bonds. The molecule has 0 radical (unpaired) electrons. The van der Waals surface area contributed by atoms with Crippen LogP contribution in [0.25, 0.3) is 0 Å². The third kappa shape index (κ3) is 1.98. The normalized spacial score (nSPS) is 19.5. The summed E-state index contributed by atoms with van der Waals surface area (Å²) in [5.41, 5.74) is 4.42. The van der Waals surface area contributed by atoms with Crippen LogP contribution in [0.2, 0.25) is 0 Å². The molecule has 0 fully saturated rings. The monoisotopic (exact) mass is 293 g/mol. The first-order valence-corrected chi connectivity index (χ1v) is 7.15. The highest BCUT2D eigenvalue weighted by Gasteiger charge is 2.33. The third-order valence-corrected chi connectivity index (χ3v) is 4.02. The second-order valence-electron chi connectivity index (χ2n) is 5.41. The molecule has 1 atom stereocenters. The van der Waals surface area contributed by atoms with Gasteiger partial charge in [0.15, 0.2) is 0 Å². The minimum atomic E-state index is -0.255. The predicted molar refractivity (Wildman–Crippen MR) is 84.6 cm³/mol. The molecule has 0 spiro atoms. The molecule has 110 valence electrons. The van der Waals surface area contributed by atoms with Crippen molar-refractivity contribution in [3.63, 3.8) is 0 Å². The Bertz CT molecular complexity index is 781. The fraction of sp³-hybridized carbons (Fsp3) is 0.118. The smallest absolute Gasteiger partial charge is 0.251 e. The molecule has 2 aliphatic heterocycles. The van der Waals surface area contributed by atoms with Crippen LogP contribution < -0.4 is 16.0 Å². The summed E-state index contributed by atoms with van der Waals surface area (Å²) in [7, 11) is 0. The average molecular weight is 293 g/mol. The van der Waals surface area contributed by atoms with Crippen LogP contribution >= 0.6 is 0 Å². The van der Waals surface area contributed by atoms with Gasteiger partial charge in [0, 0.05) is 5.70 Å². The van der Waals surface area contributed by atoms with Gasteiger partial charge >= 0.3 is 0 Å². The molecule has 4 rings (SSSR count). The number of nitrogens with one attached hydrogen (secondary N) is 3. The molecule has 0 saturated heterocycles. The van der Waals surface area contributed by atoms with Crippen molar-refractivity contribution in [2.75, 3.05) is 17.2 Å². The fourth-order valence-corrected chi connectivity index (χ4v) is 2.94. The number of phenolic OH excluding ortho intramolecular Hbond substituents is 1. The highest BCUT2D eigenvalue weighted by Crippen LogP contribution is 2.38. The highest BCUT2D eigenvalue weighted by molar-refractivity contribution is 6.00. The van der Waals surface area contributed by atoms with Crippen LogP contribution in [-0.4, -0.2) is 17.6 Å². The van der Waals surface area contributed by atoms with Crippen molar-refractivity contribution in [2.45, 2.75) is 6.04 Å². The fourth-order valence-electron chi connectivity index (χ4n) is 2.94. The Morgan fingerprint density at radius 3 is 2.50 bits per heavy atom. The first-order valence-electron chi connectivity index (χ1n) is 7.15. The van der Waals surface area contributed by atoms with E-state index < -0.39 is 0 Å². The van der Waals surface area contributed by atoms with Gasteiger partial charge in [0.25, 0.3) is 5.91 Å². The minimum Gasteiger partial charge on any atom is -0.508 e. The Hall–Kier alpha value is -2.95. The van der Waals surface area contributed by atoms with E-state index in [1.807, 2.05) is 36.4 Å². The Balaban J connectivity index is 1.85. The highest BCUT2D eigenvalue weighted by atomic mass is 16.3. The lowest BCUT2D eigenvalue weighted by Crippen LogP contribution is -2.23. The van der Waals surface area contributed by atoms with E-state index in [0.717, 1.165) is 22.6 Å². The number of carbonyl (C=O) groups excluding carboxylic acids is 1. The molecular weight excluding hydrogens is 278 g/mol. The quantitative estimate of drug-likeness (QED) is 0.651. The number of hydrogen-bond donors (Lipinski definition) is 4. The van der Waals surface area contributed by atoms with E-state index in [1.54, 1.807) is 12.1 Å². The Morgan fingerprint density at radius 1 is 1.00 bits per heavy atom. The van der Waals surface area contributed by atoms with Crippen molar-refractivity contribution in [3.8, 4) is 5.75 Å². The summed E-state index contributed by atoms with van der Waals surface area (Å²) < 4.78 is 0. The van der Waals surface area contributed by atoms with Crippen LogP contribution in [0.1, 0.15) is 11.6 Å². The number of benzene rings is 2. The van der Waals surface area contributed by atoms with Gasteiger partial charge in [0.2, 0.25) is 0 Å². The zero-order chi connectivity index (χ0) is 15.1. The van der Waals surface area contributed by atoms with Crippen LogP contribution in [0.5, 0.6) is 5.75 Å². The SMILES string of the molecule is O=C1NCC2=C1C(c1ccc(O)cc1)Nc1ccccc1N2. The van der Waals surface area contributed by atoms with Gasteiger partial charge in [-0.1, -0.05) is 24.3 Å². The van der Waals surface area contributed by atoms with Gasteiger partial charge in [-0.15, -0.1) is 0 Å². The maximum atomic E-state index is 12.3. The average Bonchev–Trinajstić information content (AvgIpc) is 2.79. The molecule has 22 heavy (non-hydrogen) atoms. The van der Waals surface area contributed by atoms with E-state index in [1.165, 1.54) is 0 Å². The van der Waals surface area contributed by atoms with E-state index in [0.29, 0.717) is 12.1 Å². The second kappa shape index (κ2) is 4.80. The minimum absolute atomic E-state index is 0.0686. The number of aromatic hydroxyl groups is 1. The van der Waals surface area contributed by atoms with Crippen LogP contribution in [0.4, 0.5) is 11.4 Å². The van der Waals surface area contributed by atoms with Crippen LogP contribution in [0.3, 0.4) is 0 Å². The van der Waals surface area contributed by atoms with E-state index in [2.05, 4.69) is 16.0 Å². The summed E-state index contributed by atoms with van der Waals surface area (Å²) in [6.45, 7) is 0.499. The maximum Gasteiger partial charge on any atom is 0.251 e. The van der Waals surface area contributed by atoms with Gasteiger partial charge in [0.1, 0.15) is 5.75 Å². The van der Waals surface area contributed by atoms with Gasteiger partial charge in [-0.3, -0.25) is 4.79 Å². The molecule has 2 heterocycles. The van der Waals surface area contributed by atoms with Crippen LogP contribution in [-0.2, 0) is 4.79 Å². The first-order chi connectivity index (χ1) is 10.7. The summed E-state index contributed by atoms with van der Waals surface area (Å²) >= 11 is 0. The van der Waals surface area contributed by atoms with Crippen molar-refractivity contribution in [1.29, 1.82) is 0 Å². The van der Waals surface area contributed by atoms with Crippen molar-refractivity contribution < 1.29 is 9.90 Å². The molecule has 2 aromatic rings. The summed E-state index contributed by atoms with van der Waals surface area (Å²) in [4.78, 5) is 12.3. The molecule has 0 bridgehead atoms. The Labute approximate surface area is 127 Å². The molecular formula is C17H15N3O2. The number of anilines is 2. The van der Waals surface area contributed by atoms with Crippen molar-refractivity contribution in [3.05, 3.63) is 65.4 Å². The van der Waals surface area contributed by atoms with Crippen molar-refractivity contribution >= 4 is 17.3 Å². The topological polar surface area (TPSA) is 73.4 Å². The lowest BCUT2D eigenvalue weighted by molar-refractivity contribution is -0.116. The summed E-state index contributed by atoms with van der Waals surface area (Å²) in [5.74, 6) is 0.141. The summed E-state index contributed by atoms with van der Waals surface area (Å²) in [5, 5.41) is 19.1. The van der Waals surface area contributed by atoms with E-state index in [9.17, 15) is 9.90 Å². The van der Waals surface area contributed by atoms with Gasteiger partial charge in [0.05, 0.1) is 29.5 Å². The summed E-state index contributed by atoms with van der Waals surface area (Å²) in [6, 6.07) is 14.5. The zero-order valence-corrected chi connectivity index (χ0v) is 11.8. The lowest BCUT2D eigenvalue weighted by Gasteiger charge is -2.20. The van der Waals surface area contributed by atoms with Gasteiger partial charge in [-0.05, 0) is 29.8 Å². The molecule has 0 saturated carbocycles. The first kappa shape index (κ1) is 12.8. The predicted octanol–water partition coefficient (Wildman–Crippen LogP) is 2.35. The number of fused-ring (bicyclic) bond motifs is 1. The molecule has 0 aromatic heterocycles. The molecule has 2 aromatic carbocycles. The second-order valence-corrected chi connectivity index (χ2v) is 5.41. The Kier molecular flexibility index (Phi) is 2.79. The molecule has 5 nitrogen and oxygen atoms in total. The lowest BCUT2D eigenvalue weighted by atomic mass is 9.97. The van der Waals surface area contributed by atoms with Gasteiger partial charge < -0.3 is 21.1 Å². The summed E-state index contributed by atoms with van der Waals surface area (Å²) in [6.07, 6.45) is 0. The third-order valence-electron chi connectivity index (χ3n) is 4.02. The Morgan fingerprint density at radius 2 is 1.73 bits per heavy atom. The number of hydrogen-bond acceptors (Lipinski definition) is 4. The van der Waals surface area contributed by atoms with Crippen molar-refractivity contribution in [1.82, 2.24) is 5.32 Å². The van der Waals surface area contributed by atoms with Gasteiger partial charge in [-0.2, -0.15) is 0 Å². The number of para-hydroxylation sites is 2. The van der Waals surface area contributed by atoms with Crippen LogP contribution in [0.15, 0.2) is 59.8 Å². The standard InChI is InChI=1S/C17H15N3O2/c21-11-7-5-10(6-8-11)16-15-14(9-18-17(15)22)19-12-3-1-2-4-13(12)20-16/h1-8,16,19-21H,9H2,(H,18,22). The van der Waals surface area contributed by atoms with Gasteiger partial charge in [-0.25, -0.2) is 0 Å². The van der Waals surface area contributed by atoms with Crippen molar-refractivity contribution in [2.24, 2.45) is 0 Å². The molecule has 2 aliphatic rings. The molecule has 5 heteroatoms. The molecule has 0 aliphatic carbocycles. The number of phenols is 1. The van der Waals surface area contributed by atoms with E-state index in [4.69, 9.17) is 0 Å². The van der Waals surface area contributed by atoms with E-state index >= 15 is 0 Å². The maximum absolute atomic E-state index is 12.3. The molecule has 4 N–H and O–H groups in total. The number of amides is 1. The zero-order valence-electron chi connectivity index (χ0n) is 11.8. The van der Waals surface area contributed by atoms with Crippen LogP contribution in [0, 0.1) is 0 Å². The van der Waals surface area contributed by atoms with E-state index in [-0.39, 0.29) is 17.7 Å². The largest absolute Gasteiger partial charge is 0.508 e. The number of carbonyl (C=O) groups is 1. The molecule has 1 unspecified atom stereocenters.